The Hall–Kier alpha value is -1.33. The standard InChI is InChI=1S/C24H36OSi2/c1-7-26(8-2,9-3)22-18-17-21-23(19-15-13-14-16-20(19)25-21)24(22)27(10-4,11-5)12-6/h13-18H,7-12H2,1-6H3. The van der Waals surface area contributed by atoms with Crippen molar-refractivity contribution in [2.24, 2.45) is 0 Å². The molecule has 3 rings (SSSR count). The van der Waals surface area contributed by atoms with Crippen molar-refractivity contribution < 1.29 is 4.42 Å². The number of hydrogen-bond acceptors (Lipinski definition) is 1. The lowest BCUT2D eigenvalue weighted by atomic mass is 10.1. The summed E-state index contributed by atoms with van der Waals surface area (Å²) < 4.78 is 6.33. The Morgan fingerprint density at radius 3 is 1.74 bits per heavy atom. The average molecular weight is 397 g/mol. The second-order valence-corrected chi connectivity index (χ2v) is 18.5. The Morgan fingerprint density at radius 2 is 1.19 bits per heavy atom. The second-order valence-electron chi connectivity index (χ2n) is 8.14. The molecule has 3 heteroatoms. The molecule has 0 bridgehead atoms. The van der Waals surface area contributed by atoms with Gasteiger partial charge in [0.25, 0.3) is 0 Å². The van der Waals surface area contributed by atoms with Crippen LogP contribution in [0.3, 0.4) is 0 Å². The second kappa shape index (κ2) is 7.96. The van der Waals surface area contributed by atoms with Gasteiger partial charge in [-0.2, -0.15) is 0 Å². The van der Waals surface area contributed by atoms with E-state index in [9.17, 15) is 0 Å². The van der Waals surface area contributed by atoms with Gasteiger partial charge in [0.05, 0.1) is 16.1 Å². The van der Waals surface area contributed by atoms with Crippen LogP contribution in [0, 0.1) is 0 Å². The summed E-state index contributed by atoms with van der Waals surface area (Å²) in [6.07, 6.45) is 0. The van der Waals surface area contributed by atoms with Gasteiger partial charge in [-0.15, -0.1) is 0 Å². The third-order valence-corrected chi connectivity index (χ3v) is 19.2. The SMILES string of the molecule is CC[Si](CC)(CC)c1ccc2oc3ccccc3c2c1[Si](CC)(CC)CC. The van der Waals surface area contributed by atoms with Crippen LogP contribution in [0.15, 0.2) is 40.8 Å². The Bertz CT molecular complexity index is 900. The highest BCUT2D eigenvalue weighted by Gasteiger charge is 2.40. The van der Waals surface area contributed by atoms with E-state index in [-0.39, 0.29) is 0 Å². The van der Waals surface area contributed by atoms with Crippen LogP contribution in [0.1, 0.15) is 41.5 Å². The van der Waals surface area contributed by atoms with Crippen LogP contribution >= 0.6 is 0 Å². The molecule has 0 aliphatic carbocycles. The topological polar surface area (TPSA) is 13.1 Å². The van der Waals surface area contributed by atoms with Crippen LogP contribution in [0.2, 0.25) is 36.3 Å². The number of hydrogen-bond donors (Lipinski definition) is 0. The number of rotatable bonds is 8. The van der Waals surface area contributed by atoms with Crippen LogP contribution in [0.25, 0.3) is 21.9 Å². The molecule has 0 aliphatic rings. The van der Waals surface area contributed by atoms with Gasteiger partial charge >= 0.3 is 0 Å². The maximum absolute atomic E-state index is 6.33. The summed E-state index contributed by atoms with van der Waals surface area (Å²) in [6.45, 7) is 14.6. The Kier molecular flexibility index (Phi) is 6.02. The van der Waals surface area contributed by atoms with Crippen molar-refractivity contribution in [1.82, 2.24) is 0 Å². The maximum Gasteiger partial charge on any atom is 0.135 e. The molecular formula is C24H36OSi2. The van der Waals surface area contributed by atoms with E-state index in [4.69, 9.17) is 4.42 Å². The van der Waals surface area contributed by atoms with Gasteiger partial charge in [0.1, 0.15) is 11.2 Å². The predicted molar refractivity (Wildman–Crippen MR) is 127 cm³/mol. The molecule has 0 aliphatic heterocycles. The van der Waals surface area contributed by atoms with E-state index < -0.39 is 16.1 Å². The smallest absolute Gasteiger partial charge is 0.135 e. The van der Waals surface area contributed by atoms with E-state index in [1.54, 1.807) is 10.4 Å². The third kappa shape index (κ3) is 3.03. The summed E-state index contributed by atoms with van der Waals surface area (Å²) >= 11 is 0. The van der Waals surface area contributed by atoms with Gasteiger partial charge in [0.2, 0.25) is 0 Å². The Labute approximate surface area is 167 Å². The molecule has 27 heavy (non-hydrogen) atoms. The molecule has 1 heterocycles. The van der Waals surface area contributed by atoms with Crippen molar-refractivity contribution in [2.45, 2.75) is 77.8 Å². The molecule has 0 saturated heterocycles. The van der Waals surface area contributed by atoms with Crippen molar-refractivity contribution in [2.75, 3.05) is 0 Å². The first-order valence-corrected chi connectivity index (χ1v) is 16.3. The first-order chi connectivity index (χ1) is 13.1. The van der Waals surface area contributed by atoms with Gasteiger partial charge in [0, 0.05) is 10.8 Å². The number of fused-ring (bicyclic) bond motifs is 3. The molecule has 1 nitrogen and oxygen atoms in total. The van der Waals surface area contributed by atoms with Gasteiger partial charge in [-0.25, -0.2) is 0 Å². The summed E-state index contributed by atoms with van der Waals surface area (Å²) in [7, 11) is -3.05. The van der Waals surface area contributed by atoms with Gasteiger partial charge < -0.3 is 4.42 Å². The number of furan rings is 1. The van der Waals surface area contributed by atoms with E-state index in [0.29, 0.717) is 0 Å². The minimum Gasteiger partial charge on any atom is -0.456 e. The van der Waals surface area contributed by atoms with Crippen molar-refractivity contribution in [3.8, 4) is 0 Å². The maximum atomic E-state index is 6.33. The lowest BCUT2D eigenvalue weighted by Crippen LogP contribution is -2.62. The zero-order valence-corrected chi connectivity index (χ0v) is 20.1. The largest absolute Gasteiger partial charge is 0.456 e. The molecule has 1 aromatic heterocycles. The highest BCUT2D eigenvalue weighted by atomic mass is 28.3. The number of benzene rings is 2. The molecule has 0 radical (unpaired) electrons. The highest BCUT2D eigenvalue weighted by Crippen LogP contribution is 2.33. The van der Waals surface area contributed by atoms with Crippen LogP contribution in [0.4, 0.5) is 0 Å². The van der Waals surface area contributed by atoms with E-state index >= 15 is 0 Å². The molecule has 146 valence electrons. The van der Waals surface area contributed by atoms with E-state index in [1.807, 2.05) is 0 Å². The van der Waals surface area contributed by atoms with Gasteiger partial charge in [-0.05, 0) is 17.3 Å². The molecule has 0 fully saturated rings. The third-order valence-electron chi connectivity index (χ3n) is 7.71. The molecule has 3 aromatic rings. The quantitative estimate of drug-likeness (QED) is 0.373. The van der Waals surface area contributed by atoms with Crippen LogP contribution < -0.4 is 10.4 Å². The van der Waals surface area contributed by atoms with Gasteiger partial charge in [0.15, 0.2) is 0 Å². The molecule has 0 amide bonds. The van der Waals surface area contributed by atoms with Crippen molar-refractivity contribution >= 4 is 48.5 Å². The molecule has 0 saturated carbocycles. The van der Waals surface area contributed by atoms with Crippen LogP contribution in [-0.4, -0.2) is 16.1 Å². The minimum atomic E-state index is -1.57. The zero-order valence-electron chi connectivity index (χ0n) is 18.1. The fourth-order valence-corrected chi connectivity index (χ4v) is 14.7. The summed E-state index contributed by atoms with van der Waals surface area (Å²) in [5, 5.41) is 6.34. The van der Waals surface area contributed by atoms with Crippen molar-refractivity contribution in [3.05, 3.63) is 36.4 Å². The monoisotopic (exact) mass is 396 g/mol. The number of para-hydroxylation sites is 1. The normalized spacial score (nSPS) is 13.0. The Morgan fingerprint density at radius 1 is 0.630 bits per heavy atom. The van der Waals surface area contributed by atoms with E-state index in [0.717, 1.165) is 11.2 Å². The first kappa shape index (κ1) is 20.4. The Balaban J connectivity index is 2.54. The summed E-state index contributed by atoms with van der Waals surface area (Å²) in [5.41, 5.74) is 2.15. The molecule has 2 aromatic carbocycles. The molecule has 0 atom stereocenters. The summed E-state index contributed by atoms with van der Waals surface area (Å²) in [6, 6.07) is 21.5. The van der Waals surface area contributed by atoms with E-state index in [1.165, 1.54) is 47.0 Å². The lowest BCUT2D eigenvalue weighted by molar-refractivity contribution is 0.669. The van der Waals surface area contributed by atoms with Gasteiger partial charge in [-0.1, -0.05) is 107 Å². The van der Waals surface area contributed by atoms with Gasteiger partial charge in [-0.3, -0.25) is 0 Å². The summed E-state index contributed by atoms with van der Waals surface area (Å²) in [4.78, 5) is 0. The fourth-order valence-electron chi connectivity index (χ4n) is 5.41. The zero-order chi connectivity index (χ0) is 19.7. The molecule has 0 N–H and O–H groups in total. The predicted octanol–water partition coefficient (Wildman–Crippen LogP) is 7.02. The lowest BCUT2D eigenvalue weighted by Gasteiger charge is -2.38. The molecular weight excluding hydrogens is 360 g/mol. The molecule has 0 unspecified atom stereocenters. The van der Waals surface area contributed by atoms with E-state index in [2.05, 4.69) is 77.9 Å². The fraction of sp³-hybridized carbons (Fsp3) is 0.500. The van der Waals surface area contributed by atoms with Crippen LogP contribution in [0.5, 0.6) is 0 Å². The first-order valence-electron chi connectivity index (χ1n) is 11.0. The average Bonchev–Trinajstić information content (AvgIpc) is 3.11. The van der Waals surface area contributed by atoms with Crippen molar-refractivity contribution in [1.29, 1.82) is 0 Å². The van der Waals surface area contributed by atoms with Crippen molar-refractivity contribution in [3.63, 3.8) is 0 Å². The molecule has 0 spiro atoms. The highest BCUT2D eigenvalue weighted by molar-refractivity contribution is 7.02. The van der Waals surface area contributed by atoms with Crippen LogP contribution in [-0.2, 0) is 0 Å². The minimum absolute atomic E-state index is 1.05. The summed E-state index contributed by atoms with van der Waals surface area (Å²) in [5.74, 6) is 0.